The van der Waals surface area contributed by atoms with E-state index in [1.807, 2.05) is 36.4 Å². The monoisotopic (exact) mass is 282 g/mol. The Bertz CT molecular complexity index is 754. The summed E-state index contributed by atoms with van der Waals surface area (Å²) in [6.07, 6.45) is 1.69. The van der Waals surface area contributed by atoms with Gasteiger partial charge >= 0.3 is 6.03 Å². The lowest BCUT2D eigenvalue weighted by Gasteiger charge is -2.20. The molecule has 2 amide bonds. The van der Waals surface area contributed by atoms with E-state index >= 15 is 0 Å². The van der Waals surface area contributed by atoms with Gasteiger partial charge in [0.25, 0.3) is 0 Å². The highest BCUT2D eigenvalue weighted by Gasteiger charge is 2.13. The number of nitrogens with two attached hydrogens (primary N) is 1. The van der Waals surface area contributed by atoms with Crippen molar-refractivity contribution in [2.45, 2.75) is 6.54 Å². The molecular weight excluding hydrogens is 268 g/mol. The zero-order chi connectivity index (χ0) is 14.7. The van der Waals surface area contributed by atoms with Gasteiger partial charge in [0, 0.05) is 5.39 Å². The minimum absolute atomic E-state index is 0.277. The molecule has 0 aliphatic carbocycles. The molecule has 3 aromatic rings. The molecule has 0 fully saturated rings. The second kappa shape index (κ2) is 5.54. The van der Waals surface area contributed by atoms with Crippen LogP contribution in [0.15, 0.2) is 54.7 Å². The molecule has 0 aliphatic rings. The molecule has 0 unspecified atom stereocenters. The molecule has 6 nitrogen and oxygen atoms in total. The number of hydrogen-bond acceptors (Lipinski definition) is 3. The molecular formula is C15H14N4O2. The van der Waals surface area contributed by atoms with Gasteiger partial charge in [-0.2, -0.15) is 10.2 Å². The van der Waals surface area contributed by atoms with E-state index < -0.39 is 6.03 Å². The molecule has 2 aromatic carbocycles. The Balaban J connectivity index is 1.79. The number of H-pyrrole nitrogens is 1. The summed E-state index contributed by atoms with van der Waals surface area (Å²) in [7, 11) is 0. The SMILES string of the molecule is NC(=O)N(Cc1ccccc1)Oc1ccc2[nH]ncc2c1. The highest BCUT2D eigenvalue weighted by atomic mass is 16.7. The predicted molar refractivity (Wildman–Crippen MR) is 78.3 cm³/mol. The van der Waals surface area contributed by atoms with E-state index in [0.29, 0.717) is 5.75 Å². The Morgan fingerprint density at radius 1 is 1.24 bits per heavy atom. The molecule has 0 saturated heterocycles. The predicted octanol–water partition coefficient (Wildman–Crippen LogP) is 2.44. The van der Waals surface area contributed by atoms with Crippen LogP contribution in [0.4, 0.5) is 4.79 Å². The van der Waals surface area contributed by atoms with Crippen molar-refractivity contribution in [1.29, 1.82) is 0 Å². The number of fused-ring (bicyclic) bond motifs is 1. The molecule has 21 heavy (non-hydrogen) atoms. The van der Waals surface area contributed by atoms with Crippen LogP contribution in [-0.2, 0) is 6.54 Å². The standard InChI is InChI=1S/C15H14N4O2/c16-15(20)19(10-11-4-2-1-3-5-11)21-13-6-7-14-12(8-13)9-17-18-14/h1-9H,10H2,(H2,16,20)(H,17,18). The first kappa shape index (κ1) is 13.0. The number of urea groups is 1. The van der Waals surface area contributed by atoms with Gasteiger partial charge < -0.3 is 10.6 Å². The summed E-state index contributed by atoms with van der Waals surface area (Å²) in [4.78, 5) is 17.1. The number of primary amides is 1. The smallest absolute Gasteiger partial charge is 0.348 e. The zero-order valence-corrected chi connectivity index (χ0v) is 11.2. The van der Waals surface area contributed by atoms with Crippen LogP contribution in [0.2, 0.25) is 0 Å². The van der Waals surface area contributed by atoms with E-state index in [4.69, 9.17) is 10.6 Å². The molecule has 0 bridgehead atoms. The largest absolute Gasteiger partial charge is 0.375 e. The fraction of sp³-hybridized carbons (Fsp3) is 0.0667. The number of carbonyl (C=O) groups is 1. The third-order valence-corrected chi connectivity index (χ3v) is 3.04. The van der Waals surface area contributed by atoms with Crippen molar-refractivity contribution in [3.05, 3.63) is 60.3 Å². The van der Waals surface area contributed by atoms with Crippen molar-refractivity contribution in [1.82, 2.24) is 15.3 Å². The molecule has 3 rings (SSSR count). The number of amides is 2. The average Bonchev–Trinajstić information content (AvgIpc) is 2.95. The quantitative estimate of drug-likeness (QED) is 0.721. The first-order valence-corrected chi connectivity index (χ1v) is 6.44. The van der Waals surface area contributed by atoms with Crippen LogP contribution in [0.5, 0.6) is 5.75 Å². The van der Waals surface area contributed by atoms with Crippen LogP contribution in [0.3, 0.4) is 0 Å². The van der Waals surface area contributed by atoms with Gasteiger partial charge in [-0.3, -0.25) is 5.10 Å². The number of hydrogen-bond donors (Lipinski definition) is 2. The first-order valence-electron chi connectivity index (χ1n) is 6.44. The van der Waals surface area contributed by atoms with E-state index in [1.54, 1.807) is 18.3 Å². The topological polar surface area (TPSA) is 84.2 Å². The van der Waals surface area contributed by atoms with Crippen LogP contribution in [-0.4, -0.2) is 21.3 Å². The molecule has 0 atom stereocenters. The van der Waals surface area contributed by atoms with Crippen molar-refractivity contribution in [2.75, 3.05) is 0 Å². The lowest BCUT2D eigenvalue weighted by molar-refractivity contribution is -0.0164. The van der Waals surface area contributed by atoms with Gasteiger partial charge in [-0.05, 0) is 23.8 Å². The number of nitrogens with zero attached hydrogens (tertiary/aromatic N) is 2. The van der Waals surface area contributed by atoms with Crippen LogP contribution < -0.4 is 10.6 Å². The van der Waals surface area contributed by atoms with Crippen molar-refractivity contribution in [3.63, 3.8) is 0 Å². The van der Waals surface area contributed by atoms with Crippen molar-refractivity contribution < 1.29 is 9.63 Å². The highest BCUT2D eigenvalue weighted by Crippen LogP contribution is 2.20. The first-order chi connectivity index (χ1) is 10.2. The Hall–Kier alpha value is -3.02. The fourth-order valence-corrected chi connectivity index (χ4v) is 2.01. The number of carbonyl (C=O) groups excluding carboxylic acids is 1. The number of hydroxylamine groups is 2. The summed E-state index contributed by atoms with van der Waals surface area (Å²) in [5, 5.41) is 8.81. The highest BCUT2D eigenvalue weighted by molar-refractivity contribution is 5.79. The zero-order valence-electron chi connectivity index (χ0n) is 11.2. The number of aromatic nitrogens is 2. The van der Waals surface area contributed by atoms with Gasteiger partial charge in [0.1, 0.15) is 0 Å². The second-order valence-corrected chi connectivity index (χ2v) is 4.57. The number of rotatable bonds is 4. The van der Waals surface area contributed by atoms with Gasteiger partial charge in [0.05, 0.1) is 18.3 Å². The Kier molecular flexibility index (Phi) is 3.42. The Morgan fingerprint density at radius 3 is 2.81 bits per heavy atom. The van der Waals surface area contributed by atoms with Crippen LogP contribution in [0, 0.1) is 0 Å². The van der Waals surface area contributed by atoms with Crippen molar-refractivity contribution in [3.8, 4) is 5.75 Å². The molecule has 0 saturated carbocycles. The summed E-state index contributed by atoms with van der Waals surface area (Å²) in [6.45, 7) is 0.277. The molecule has 106 valence electrons. The normalized spacial score (nSPS) is 10.5. The van der Waals surface area contributed by atoms with Crippen LogP contribution in [0.25, 0.3) is 10.9 Å². The maximum absolute atomic E-state index is 11.5. The average molecular weight is 282 g/mol. The summed E-state index contributed by atoms with van der Waals surface area (Å²) in [5.41, 5.74) is 7.20. The van der Waals surface area contributed by atoms with Crippen LogP contribution >= 0.6 is 0 Å². The molecule has 0 aliphatic heterocycles. The summed E-state index contributed by atoms with van der Waals surface area (Å²) in [5.74, 6) is 0.527. The number of benzene rings is 2. The fourth-order valence-electron chi connectivity index (χ4n) is 2.01. The van der Waals surface area contributed by atoms with E-state index in [1.165, 1.54) is 0 Å². The molecule has 3 N–H and O–H groups in total. The van der Waals surface area contributed by atoms with Gasteiger partial charge in [-0.1, -0.05) is 30.3 Å². The molecule has 0 radical (unpaired) electrons. The van der Waals surface area contributed by atoms with Crippen molar-refractivity contribution in [2.24, 2.45) is 5.73 Å². The van der Waals surface area contributed by atoms with Gasteiger partial charge in [0.2, 0.25) is 0 Å². The Labute approximate surface area is 121 Å². The lowest BCUT2D eigenvalue weighted by Crippen LogP contribution is -2.37. The van der Waals surface area contributed by atoms with Crippen LogP contribution in [0.1, 0.15) is 5.56 Å². The third-order valence-electron chi connectivity index (χ3n) is 3.04. The summed E-state index contributed by atoms with van der Waals surface area (Å²) in [6, 6.07) is 14.2. The maximum atomic E-state index is 11.5. The van der Waals surface area contributed by atoms with E-state index in [9.17, 15) is 4.79 Å². The Morgan fingerprint density at radius 2 is 2.05 bits per heavy atom. The molecule has 1 heterocycles. The third kappa shape index (κ3) is 2.94. The maximum Gasteiger partial charge on any atom is 0.348 e. The molecule has 1 aromatic heterocycles. The number of nitrogens with one attached hydrogen (secondary N) is 1. The minimum atomic E-state index is -0.647. The van der Waals surface area contributed by atoms with Crippen molar-refractivity contribution >= 4 is 16.9 Å². The molecule has 6 heteroatoms. The summed E-state index contributed by atoms with van der Waals surface area (Å²) >= 11 is 0. The lowest BCUT2D eigenvalue weighted by atomic mass is 10.2. The minimum Gasteiger partial charge on any atom is -0.375 e. The number of aromatic amines is 1. The summed E-state index contributed by atoms with van der Waals surface area (Å²) < 4.78 is 0. The van der Waals surface area contributed by atoms with E-state index in [-0.39, 0.29) is 6.54 Å². The van der Waals surface area contributed by atoms with Gasteiger partial charge in [-0.25, -0.2) is 4.79 Å². The molecule has 0 spiro atoms. The van der Waals surface area contributed by atoms with E-state index in [0.717, 1.165) is 21.5 Å². The van der Waals surface area contributed by atoms with E-state index in [2.05, 4.69) is 10.2 Å². The van der Waals surface area contributed by atoms with Gasteiger partial charge in [0.15, 0.2) is 5.75 Å². The van der Waals surface area contributed by atoms with Gasteiger partial charge in [-0.15, -0.1) is 0 Å². The second-order valence-electron chi connectivity index (χ2n) is 4.57.